The predicted octanol–water partition coefficient (Wildman–Crippen LogP) is 2.17. The second-order valence-corrected chi connectivity index (χ2v) is 4.66. The molecule has 1 heterocycles. The summed E-state index contributed by atoms with van der Waals surface area (Å²) in [7, 11) is 1.38. The molecule has 0 aliphatic heterocycles. The minimum Gasteiger partial charge on any atom is -0.496 e. The van der Waals surface area contributed by atoms with Crippen LogP contribution in [0.3, 0.4) is 0 Å². The zero-order valence-corrected chi connectivity index (χ0v) is 12.6. The predicted molar refractivity (Wildman–Crippen MR) is 80.5 cm³/mol. The van der Waals surface area contributed by atoms with Crippen LogP contribution in [0.15, 0.2) is 24.3 Å². The van der Waals surface area contributed by atoms with Gasteiger partial charge in [0.05, 0.1) is 12.8 Å². The van der Waals surface area contributed by atoms with E-state index in [0.29, 0.717) is 17.9 Å². The molecule has 0 saturated carbocycles. The fourth-order valence-corrected chi connectivity index (χ4v) is 2.11. The van der Waals surface area contributed by atoms with E-state index in [0.717, 1.165) is 5.69 Å². The first-order valence-electron chi connectivity index (χ1n) is 6.73. The van der Waals surface area contributed by atoms with Crippen LogP contribution in [0.25, 0.3) is 0 Å². The van der Waals surface area contributed by atoms with Crippen molar-refractivity contribution in [3.05, 3.63) is 41.2 Å². The summed E-state index contributed by atoms with van der Waals surface area (Å²) in [5.74, 6) is -1.22. The van der Waals surface area contributed by atoms with Gasteiger partial charge >= 0.3 is 5.97 Å². The molecule has 0 fully saturated rings. The van der Waals surface area contributed by atoms with Crippen molar-refractivity contribution >= 4 is 17.6 Å². The lowest BCUT2D eigenvalue weighted by Crippen LogP contribution is -2.17. The molecule has 1 aromatic heterocycles. The highest BCUT2D eigenvalue weighted by Crippen LogP contribution is 2.23. The van der Waals surface area contributed by atoms with Gasteiger partial charge in [-0.1, -0.05) is 0 Å². The van der Waals surface area contributed by atoms with Crippen molar-refractivity contribution in [1.82, 2.24) is 9.78 Å². The minimum atomic E-state index is -1.09. The van der Waals surface area contributed by atoms with Gasteiger partial charge in [-0.3, -0.25) is 9.48 Å². The molecule has 116 valence electrons. The molecule has 1 amide bonds. The number of hydrogen-bond donors (Lipinski definition) is 2. The highest BCUT2D eigenvalue weighted by Gasteiger charge is 2.16. The largest absolute Gasteiger partial charge is 0.496 e. The molecule has 22 heavy (non-hydrogen) atoms. The van der Waals surface area contributed by atoms with E-state index in [1.807, 2.05) is 13.8 Å². The third-order valence-electron chi connectivity index (χ3n) is 3.12. The first-order chi connectivity index (χ1) is 10.5. The summed E-state index contributed by atoms with van der Waals surface area (Å²) in [5.41, 5.74) is 1.69. The Balaban J connectivity index is 2.26. The van der Waals surface area contributed by atoms with E-state index >= 15 is 0 Å². The quantitative estimate of drug-likeness (QED) is 0.883. The summed E-state index contributed by atoms with van der Waals surface area (Å²) < 4.78 is 6.64. The van der Waals surface area contributed by atoms with Crippen molar-refractivity contribution in [2.24, 2.45) is 0 Å². The fraction of sp³-hybridized carbons (Fsp3) is 0.267. The van der Waals surface area contributed by atoms with Crippen LogP contribution >= 0.6 is 0 Å². The Hall–Kier alpha value is -2.83. The number of carboxylic acid groups (broad SMARTS) is 1. The summed E-state index contributed by atoms with van der Waals surface area (Å²) >= 11 is 0. The summed E-state index contributed by atoms with van der Waals surface area (Å²) in [6, 6.07) is 6.07. The van der Waals surface area contributed by atoms with Crippen LogP contribution in [0.1, 0.15) is 33.5 Å². The number of ether oxygens (including phenoxy) is 1. The first-order valence-corrected chi connectivity index (χ1v) is 6.73. The van der Waals surface area contributed by atoms with Gasteiger partial charge < -0.3 is 15.2 Å². The lowest BCUT2D eigenvalue weighted by molar-refractivity contribution is 0.0693. The van der Waals surface area contributed by atoms with Crippen molar-refractivity contribution < 1.29 is 19.4 Å². The topological polar surface area (TPSA) is 93.5 Å². The smallest absolute Gasteiger partial charge is 0.339 e. The van der Waals surface area contributed by atoms with Gasteiger partial charge in [0.25, 0.3) is 5.91 Å². The lowest BCUT2D eigenvalue weighted by atomic mass is 10.2. The normalized spacial score (nSPS) is 10.3. The summed E-state index contributed by atoms with van der Waals surface area (Å²) in [4.78, 5) is 23.3. The van der Waals surface area contributed by atoms with Gasteiger partial charge in [0, 0.05) is 18.3 Å². The van der Waals surface area contributed by atoms with E-state index in [1.165, 1.54) is 25.3 Å². The lowest BCUT2D eigenvalue weighted by Gasteiger charge is -2.10. The molecule has 0 spiro atoms. The number of aryl methyl sites for hydroxylation is 2. The molecule has 7 heteroatoms. The number of amides is 1. The molecule has 0 aliphatic carbocycles. The Labute approximate surface area is 127 Å². The fourth-order valence-electron chi connectivity index (χ4n) is 2.11. The van der Waals surface area contributed by atoms with Crippen LogP contribution in [-0.4, -0.2) is 33.9 Å². The van der Waals surface area contributed by atoms with Crippen molar-refractivity contribution in [1.29, 1.82) is 0 Å². The molecule has 7 nitrogen and oxygen atoms in total. The Morgan fingerprint density at radius 3 is 2.68 bits per heavy atom. The molecule has 0 radical (unpaired) electrons. The van der Waals surface area contributed by atoms with Crippen LogP contribution in [0, 0.1) is 6.92 Å². The molecular formula is C15H17N3O4. The SMILES string of the molecule is CCn1nc(C)cc1C(=O)Nc1ccc(C(=O)O)c(OC)c1. The van der Waals surface area contributed by atoms with E-state index in [9.17, 15) is 9.59 Å². The summed E-state index contributed by atoms with van der Waals surface area (Å²) in [6.07, 6.45) is 0. The second kappa shape index (κ2) is 6.30. The molecule has 0 unspecified atom stereocenters. The highest BCUT2D eigenvalue weighted by molar-refractivity contribution is 6.03. The number of methoxy groups -OCH3 is 1. The number of anilines is 1. The minimum absolute atomic E-state index is 0.0370. The van der Waals surface area contributed by atoms with Gasteiger partial charge in [-0.25, -0.2) is 4.79 Å². The zero-order chi connectivity index (χ0) is 16.3. The van der Waals surface area contributed by atoms with Crippen molar-refractivity contribution in [3.8, 4) is 5.75 Å². The Kier molecular flexibility index (Phi) is 4.45. The Morgan fingerprint density at radius 2 is 2.09 bits per heavy atom. The van der Waals surface area contributed by atoms with Gasteiger partial charge in [0.1, 0.15) is 17.0 Å². The molecule has 0 atom stereocenters. The number of rotatable bonds is 5. The van der Waals surface area contributed by atoms with Gasteiger partial charge in [-0.05, 0) is 32.0 Å². The van der Waals surface area contributed by atoms with Crippen LogP contribution in [0.4, 0.5) is 5.69 Å². The van der Waals surface area contributed by atoms with Gasteiger partial charge in [0.15, 0.2) is 0 Å². The molecule has 0 aliphatic rings. The maximum atomic E-state index is 12.3. The second-order valence-electron chi connectivity index (χ2n) is 4.66. The average molecular weight is 303 g/mol. The van der Waals surface area contributed by atoms with Crippen LogP contribution < -0.4 is 10.1 Å². The van der Waals surface area contributed by atoms with Crippen LogP contribution in [0.2, 0.25) is 0 Å². The molecule has 0 saturated heterocycles. The van der Waals surface area contributed by atoms with Crippen molar-refractivity contribution in [2.45, 2.75) is 20.4 Å². The van der Waals surface area contributed by atoms with Crippen LogP contribution in [-0.2, 0) is 6.54 Å². The van der Waals surface area contributed by atoms with Gasteiger partial charge in [0.2, 0.25) is 0 Å². The number of carboxylic acids is 1. The zero-order valence-electron chi connectivity index (χ0n) is 12.6. The van der Waals surface area contributed by atoms with Gasteiger partial charge in [-0.15, -0.1) is 0 Å². The van der Waals surface area contributed by atoms with E-state index < -0.39 is 5.97 Å². The maximum absolute atomic E-state index is 12.3. The average Bonchev–Trinajstić information content (AvgIpc) is 2.88. The standard InChI is InChI=1S/C15H17N3O4/c1-4-18-12(7-9(2)17-18)14(19)16-10-5-6-11(15(20)21)13(8-10)22-3/h5-8H,4H2,1-3H3,(H,16,19)(H,20,21). The molecule has 2 aromatic rings. The monoisotopic (exact) mass is 303 g/mol. The van der Waals surface area contributed by atoms with E-state index in [-0.39, 0.29) is 17.2 Å². The summed E-state index contributed by atoms with van der Waals surface area (Å²) in [6.45, 7) is 4.29. The number of aromatic carboxylic acids is 1. The van der Waals surface area contributed by atoms with Gasteiger partial charge in [-0.2, -0.15) is 5.10 Å². The van der Waals surface area contributed by atoms with Crippen molar-refractivity contribution in [2.75, 3.05) is 12.4 Å². The van der Waals surface area contributed by atoms with E-state index in [4.69, 9.17) is 9.84 Å². The Morgan fingerprint density at radius 1 is 1.36 bits per heavy atom. The number of nitrogens with one attached hydrogen (secondary N) is 1. The molecular weight excluding hydrogens is 286 g/mol. The summed E-state index contributed by atoms with van der Waals surface area (Å²) in [5, 5.41) is 16.0. The maximum Gasteiger partial charge on any atom is 0.339 e. The number of benzene rings is 1. The third-order valence-corrected chi connectivity index (χ3v) is 3.12. The highest BCUT2D eigenvalue weighted by atomic mass is 16.5. The first kappa shape index (κ1) is 15.6. The number of nitrogens with zero attached hydrogens (tertiary/aromatic N) is 2. The van der Waals surface area contributed by atoms with E-state index in [1.54, 1.807) is 10.7 Å². The number of carbonyl (C=O) groups excluding carboxylic acids is 1. The van der Waals surface area contributed by atoms with E-state index in [2.05, 4.69) is 10.4 Å². The molecule has 1 aromatic carbocycles. The third kappa shape index (κ3) is 3.08. The van der Waals surface area contributed by atoms with Crippen LogP contribution in [0.5, 0.6) is 5.75 Å². The molecule has 2 rings (SSSR count). The number of carbonyl (C=O) groups is 2. The number of aromatic nitrogens is 2. The molecule has 0 bridgehead atoms. The Bertz CT molecular complexity index is 722. The molecule has 2 N–H and O–H groups in total. The number of hydrogen-bond acceptors (Lipinski definition) is 4. The van der Waals surface area contributed by atoms with Crippen molar-refractivity contribution in [3.63, 3.8) is 0 Å².